The Hall–Kier alpha value is -2.43. The quantitative estimate of drug-likeness (QED) is 0.831. The van der Waals surface area contributed by atoms with Gasteiger partial charge in [0.25, 0.3) is 0 Å². The molecule has 3 rings (SSSR count). The number of esters is 1. The molecule has 4 nitrogen and oxygen atoms in total. The molecular weight excluding hydrogens is 333 g/mol. The third-order valence-electron chi connectivity index (χ3n) is 5.18. The van der Waals surface area contributed by atoms with Crippen LogP contribution in [-0.2, 0) is 14.3 Å². The molecule has 138 valence electrons. The SMILES string of the molecule is CCOC(=O)C1=C(C)NC2=C(C(=O)C(C)(C)CC2)C1c1cccc(F)c1. The number of ketones is 1. The molecule has 1 N–H and O–H groups in total. The molecule has 0 bridgehead atoms. The number of hydrogen-bond donors (Lipinski definition) is 1. The van der Waals surface area contributed by atoms with E-state index in [0.29, 0.717) is 28.8 Å². The molecule has 26 heavy (non-hydrogen) atoms. The smallest absolute Gasteiger partial charge is 0.336 e. The summed E-state index contributed by atoms with van der Waals surface area (Å²) in [5, 5.41) is 3.23. The molecule has 1 unspecified atom stereocenters. The molecule has 5 heteroatoms. The van der Waals surface area contributed by atoms with E-state index in [9.17, 15) is 14.0 Å². The number of Topliss-reactive ketones (excluding diaryl/α,β-unsaturated/α-hetero) is 1. The average Bonchev–Trinajstić information content (AvgIpc) is 2.57. The van der Waals surface area contributed by atoms with Crippen LogP contribution in [0, 0.1) is 11.2 Å². The van der Waals surface area contributed by atoms with Gasteiger partial charge in [-0.1, -0.05) is 26.0 Å². The summed E-state index contributed by atoms with van der Waals surface area (Å²) in [6.07, 6.45) is 1.45. The van der Waals surface area contributed by atoms with Gasteiger partial charge in [-0.2, -0.15) is 0 Å². The van der Waals surface area contributed by atoms with Gasteiger partial charge in [-0.3, -0.25) is 4.79 Å². The maximum absolute atomic E-state index is 13.9. The molecule has 1 aliphatic carbocycles. The van der Waals surface area contributed by atoms with Crippen LogP contribution in [0.3, 0.4) is 0 Å². The predicted molar refractivity (Wildman–Crippen MR) is 96.7 cm³/mol. The second-order valence-corrected chi connectivity index (χ2v) is 7.48. The van der Waals surface area contributed by atoms with Gasteiger partial charge in [-0.05, 0) is 44.4 Å². The number of benzene rings is 1. The molecule has 1 atom stereocenters. The van der Waals surface area contributed by atoms with Gasteiger partial charge in [0, 0.05) is 28.3 Å². The van der Waals surface area contributed by atoms with Crippen molar-refractivity contribution in [2.45, 2.75) is 46.5 Å². The summed E-state index contributed by atoms with van der Waals surface area (Å²) in [6.45, 7) is 7.60. The number of halogens is 1. The summed E-state index contributed by atoms with van der Waals surface area (Å²) in [5.41, 5.74) is 2.49. The van der Waals surface area contributed by atoms with Gasteiger partial charge in [0.05, 0.1) is 12.2 Å². The second kappa shape index (κ2) is 6.71. The van der Waals surface area contributed by atoms with Crippen LogP contribution in [0.2, 0.25) is 0 Å². The van der Waals surface area contributed by atoms with Crippen LogP contribution in [0.5, 0.6) is 0 Å². The number of rotatable bonds is 3. The first-order valence-electron chi connectivity index (χ1n) is 8.94. The lowest BCUT2D eigenvalue weighted by Gasteiger charge is -2.39. The summed E-state index contributed by atoms with van der Waals surface area (Å²) in [7, 11) is 0. The van der Waals surface area contributed by atoms with Crippen molar-refractivity contribution in [2.24, 2.45) is 5.41 Å². The van der Waals surface area contributed by atoms with Crippen LogP contribution in [-0.4, -0.2) is 18.4 Å². The van der Waals surface area contributed by atoms with Crippen LogP contribution < -0.4 is 5.32 Å². The molecule has 0 aromatic heterocycles. The Morgan fingerprint density at radius 3 is 2.77 bits per heavy atom. The Morgan fingerprint density at radius 1 is 1.38 bits per heavy atom. The van der Waals surface area contributed by atoms with E-state index in [1.165, 1.54) is 12.1 Å². The number of nitrogens with one attached hydrogen (secondary N) is 1. The zero-order valence-corrected chi connectivity index (χ0v) is 15.6. The zero-order chi connectivity index (χ0) is 19.1. The first-order chi connectivity index (χ1) is 12.3. The highest BCUT2D eigenvalue weighted by atomic mass is 19.1. The van der Waals surface area contributed by atoms with Gasteiger partial charge >= 0.3 is 5.97 Å². The Balaban J connectivity index is 2.20. The van der Waals surface area contributed by atoms with E-state index < -0.39 is 23.1 Å². The minimum Gasteiger partial charge on any atom is -0.463 e. The third-order valence-corrected chi connectivity index (χ3v) is 5.18. The van der Waals surface area contributed by atoms with E-state index in [4.69, 9.17) is 4.74 Å². The molecule has 1 heterocycles. The monoisotopic (exact) mass is 357 g/mol. The van der Waals surface area contributed by atoms with E-state index >= 15 is 0 Å². The minimum atomic E-state index is -0.618. The van der Waals surface area contributed by atoms with Crippen LogP contribution in [0.1, 0.15) is 52.0 Å². The second-order valence-electron chi connectivity index (χ2n) is 7.48. The largest absolute Gasteiger partial charge is 0.463 e. The number of allylic oxidation sites excluding steroid dienone is 3. The lowest BCUT2D eigenvalue weighted by Crippen LogP contribution is -2.40. The van der Waals surface area contributed by atoms with Crippen molar-refractivity contribution >= 4 is 11.8 Å². The van der Waals surface area contributed by atoms with E-state index in [2.05, 4.69) is 5.32 Å². The van der Waals surface area contributed by atoms with E-state index in [1.54, 1.807) is 26.0 Å². The molecule has 1 aromatic rings. The lowest BCUT2D eigenvalue weighted by atomic mass is 9.67. The van der Waals surface area contributed by atoms with Crippen molar-refractivity contribution in [1.82, 2.24) is 5.32 Å². The fourth-order valence-corrected chi connectivity index (χ4v) is 3.78. The van der Waals surface area contributed by atoms with E-state index in [1.807, 2.05) is 13.8 Å². The molecule has 1 aromatic carbocycles. The number of hydrogen-bond acceptors (Lipinski definition) is 4. The summed E-state index contributed by atoms with van der Waals surface area (Å²) >= 11 is 0. The molecule has 0 radical (unpaired) electrons. The maximum Gasteiger partial charge on any atom is 0.336 e. The summed E-state index contributed by atoms with van der Waals surface area (Å²) in [4.78, 5) is 25.9. The number of carbonyl (C=O) groups is 2. The van der Waals surface area contributed by atoms with E-state index in [0.717, 1.165) is 12.1 Å². The van der Waals surface area contributed by atoms with Gasteiger partial charge in [-0.25, -0.2) is 9.18 Å². The number of ether oxygens (including phenoxy) is 1. The Labute approximate surface area is 153 Å². The average molecular weight is 357 g/mol. The molecule has 0 saturated heterocycles. The summed E-state index contributed by atoms with van der Waals surface area (Å²) in [6, 6.07) is 6.10. The van der Waals surface area contributed by atoms with Crippen molar-refractivity contribution in [3.05, 3.63) is 58.2 Å². The fourth-order valence-electron chi connectivity index (χ4n) is 3.78. The molecule has 0 amide bonds. The summed E-state index contributed by atoms with van der Waals surface area (Å²) < 4.78 is 19.2. The Kier molecular flexibility index (Phi) is 4.74. The Morgan fingerprint density at radius 2 is 2.12 bits per heavy atom. The van der Waals surface area contributed by atoms with Crippen LogP contribution in [0.25, 0.3) is 0 Å². The highest BCUT2D eigenvalue weighted by Crippen LogP contribution is 2.46. The third kappa shape index (κ3) is 3.06. The van der Waals surface area contributed by atoms with Crippen LogP contribution in [0.15, 0.2) is 46.8 Å². The van der Waals surface area contributed by atoms with Crippen LogP contribution >= 0.6 is 0 Å². The maximum atomic E-state index is 13.9. The topological polar surface area (TPSA) is 55.4 Å². The van der Waals surface area contributed by atoms with Gasteiger partial charge in [0.2, 0.25) is 0 Å². The normalized spacial score (nSPS) is 22.0. The standard InChI is InChI=1S/C21H24FNO3/c1-5-26-20(25)16-12(2)23-15-9-10-21(3,4)19(24)18(15)17(16)13-7-6-8-14(22)11-13/h6-8,11,17,23H,5,9-10H2,1-4H3. The molecule has 2 aliphatic rings. The van der Waals surface area contributed by atoms with Gasteiger partial charge in [-0.15, -0.1) is 0 Å². The zero-order valence-electron chi connectivity index (χ0n) is 15.6. The van der Waals surface area contributed by atoms with Crippen molar-refractivity contribution < 1.29 is 18.7 Å². The van der Waals surface area contributed by atoms with Gasteiger partial charge < -0.3 is 10.1 Å². The molecule has 0 spiro atoms. The summed E-state index contributed by atoms with van der Waals surface area (Å²) in [5.74, 6) is -1.50. The fraction of sp³-hybridized carbons (Fsp3) is 0.429. The van der Waals surface area contributed by atoms with Crippen molar-refractivity contribution in [3.63, 3.8) is 0 Å². The van der Waals surface area contributed by atoms with Crippen molar-refractivity contribution in [1.29, 1.82) is 0 Å². The van der Waals surface area contributed by atoms with E-state index in [-0.39, 0.29) is 12.4 Å². The molecule has 0 saturated carbocycles. The predicted octanol–water partition coefficient (Wildman–Crippen LogP) is 3.99. The highest BCUT2D eigenvalue weighted by molar-refractivity contribution is 6.06. The minimum absolute atomic E-state index is 0.00481. The van der Waals surface area contributed by atoms with Crippen LogP contribution in [0.4, 0.5) is 4.39 Å². The van der Waals surface area contributed by atoms with Crippen molar-refractivity contribution in [3.8, 4) is 0 Å². The number of dihydropyridines is 1. The molecular formula is C21H24FNO3. The first kappa shape index (κ1) is 18.4. The lowest BCUT2D eigenvalue weighted by molar-refractivity contribution is -0.138. The molecule has 1 aliphatic heterocycles. The molecule has 0 fully saturated rings. The number of carbonyl (C=O) groups excluding carboxylic acids is 2. The highest BCUT2D eigenvalue weighted by Gasteiger charge is 2.45. The first-order valence-corrected chi connectivity index (χ1v) is 8.94. The van der Waals surface area contributed by atoms with Gasteiger partial charge in [0.1, 0.15) is 5.82 Å². The Bertz CT molecular complexity index is 835. The van der Waals surface area contributed by atoms with Crippen molar-refractivity contribution in [2.75, 3.05) is 6.61 Å². The van der Waals surface area contributed by atoms with Gasteiger partial charge in [0.15, 0.2) is 5.78 Å².